The summed E-state index contributed by atoms with van der Waals surface area (Å²) >= 11 is 0. The van der Waals surface area contributed by atoms with Gasteiger partial charge in [0.1, 0.15) is 5.78 Å². The van der Waals surface area contributed by atoms with E-state index in [1.54, 1.807) is 0 Å². The minimum absolute atomic E-state index is 0.0199. The number of rotatable bonds is 13. The zero-order valence-electron chi connectivity index (χ0n) is 17.9. The first-order valence-corrected chi connectivity index (χ1v) is 10.6. The smallest absolute Gasteiger partial charge is 0.222 e. The van der Waals surface area contributed by atoms with Crippen molar-refractivity contribution in [3.63, 3.8) is 0 Å². The van der Waals surface area contributed by atoms with Gasteiger partial charge < -0.3 is 20.1 Å². The minimum Gasteiger partial charge on any atom is -0.379 e. The zero-order valence-corrected chi connectivity index (χ0v) is 17.9. The van der Waals surface area contributed by atoms with E-state index in [9.17, 15) is 14.4 Å². The van der Waals surface area contributed by atoms with Gasteiger partial charge in [0.25, 0.3) is 0 Å². The number of carbonyl (C=O) groups is 3. The normalized spacial score (nSPS) is 19.6. The maximum absolute atomic E-state index is 12.0. The molecule has 1 aliphatic rings. The monoisotopic (exact) mass is 398 g/mol. The quantitative estimate of drug-likeness (QED) is 0.464. The number of hydrogen-bond acceptors (Lipinski definition) is 5. The molecule has 0 unspecified atom stereocenters. The van der Waals surface area contributed by atoms with Gasteiger partial charge in [-0.3, -0.25) is 14.4 Å². The highest BCUT2D eigenvalue weighted by Crippen LogP contribution is 2.27. The highest BCUT2D eigenvalue weighted by Gasteiger charge is 2.28. The van der Waals surface area contributed by atoms with Crippen LogP contribution in [0.1, 0.15) is 66.2 Å². The van der Waals surface area contributed by atoms with Gasteiger partial charge in [0.05, 0.1) is 25.9 Å². The van der Waals surface area contributed by atoms with Crippen molar-refractivity contribution in [1.29, 1.82) is 0 Å². The van der Waals surface area contributed by atoms with Gasteiger partial charge in [-0.05, 0) is 39.5 Å². The second-order valence-corrected chi connectivity index (χ2v) is 8.06. The Labute approximate surface area is 169 Å². The Balaban J connectivity index is 2.01. The SMILES string of the molecule is CC(C)OCCC(=O)NCCOCCC(=O)N[C@H]1CC[C@@H](C(=O)C(C)C)CC1. The molecule has 0 saturated heterocycles. The number of Topliss-reactive ketones (excluding diaryl/α,β-unsaturated/α-hetero) is 1. The van der Waals surface area contributed by atoms with Crippen molar-refractivity contribution >= 4 is 17.6 Å². The van der Waals surface area contributed by atoms with Crippen LogP contribution >= 0.6 is 0 Å². The van der Waals surface area contributed by atoms with Crippen molar-refractivity contribution in [2.24, 2.45) is 11.8 Å². The molecule has 7 heteroatoms. The van der Waals surface area contributed by atoms with E-state index in [4.69, 9.17) is 9.47 Å². The van der Waals surface area contributed by atoms with Crippen LogP contribution in [0, 0.1) is 11.8 Å². The number of carbonyl (C=O) groups excluding carboxylic acids is 3. The van der Waals surface area contributed by atoms with Gasteiger partial charge in [0, 0.05) is 37.3 Å². The summed E-state index contributed by atoms with van der Waals surface area (Å²) in [5.74, 6) is 0.509. The molecule has 0 aromatic carbocycles. The molecule has 0 aromatic rings. The lowest BCUT2D eigenvalue weighted by Gasteiger charge is -2.29. The third kappa shape index (κ3) is 10.8. The van der Waals surface area contributed by atoms with E-state index >= 15 is 0 Å². The molecule has 0 bridgehead atoms. The van der Waals surface area contributed by atoms with E-state index in [2.05, 4.69) is 10.6 Å². The molecule has 1 rings (SSSR count). The molecule has 2 N–H and O–H groups in total. The molecule has 0 aliphatic heterocycles. The summed E-state index contributed by atoms with van der Waals surface area (Å²) < 4.78 is 10.7. The van der Waals surface area contributed by atoms with Crippen LogP contribution in [-0.2, 0) is 23.9 Å². The van der Waals surface area contributed by atoms with E-state index in [1.807, 2.05) is 27.7 Å². The highest BCUT2D eigenvalue weighted by atomic mass is 16.5. The Morgan fingerprint density at radius 3 is 2.14 bits per heavy atom. The van der Waals surface area contributed by atoms with Gasteiger partial charge in [-0.25, -0.2) is 0 Å². The fourth-order valence-corrected chi connectivity index (χ4v) is 3.30. The molecule has 1 fully saturated rings. The van der Waals surface area contributed by atoms with Gasteiger partial charge in [0.15, 0.2) is 0 Å². The Hall–Kier alpha value is -1.47. The predicted octanol–water partition coefficient (Wildman–Crippen LogP) is 2.22. The van der Waals surface area contributed by atoms with E-state index in [-0.39, 0.29) is 35.8 Å². The van der Waals surface area contributed by atoms with Crippen LogP contribution < -0.4 is 10.6 Å². The summed E-state index contributed by atoms with van der Waals surface area (Å²) in [5.41, 5.74) is 0. The average molecular weight is 399 g/mol. The molecular weight excluding hydrogens is 360 g/mol. The number of ketones is 1. The Morgan fingerprint density at radius 2 is 1.54 bits per heavy atom. The number of ether oxygens (including phenoxy) is 2. The summed E-state index contributed by atoms with van der Waals surface area (Å²) in [4.78, 5) is 35.6. The van der Waals surface area contributed by atoms with Gasteiger partial charge in [-0.1, -0.05) is 13.8 Å². The van der Waals surface area contributed by atoms with Crippen molar-refractivity contribution in [3.05, 3.63) is 0 Å². The molecule has 1 aliphatic carbocycles. The second-order valence-electron chi connectivity index (χ2n) is 8.06. The first kappa shape index (κ1) is 24.6. The lowest BCUT2D eigenvalue weighted by molar-refractivity contribution is -0.127. The van der Waals surface area contributed by atoms with Crippen LogP contribution in [0.4, 0.5) is 0 Å². The van der Waals surface area contributed by atoms with E-state index in [0.717, 1.165) is 25.7 Å². The largest absolute Gasteiger partial charge is 0.379 e. The maximum Gasteiger partial charge on any atom is 0.222 e. The Kier molecular flexibility index (Phi) is 12.0. The first-order valence-electron chi connectivity index (χ1n) is 10.6. The van der Waals surface area contributed by atoms with Crippen LogP contribution in [-0.4, -0.2) is 56.1 Å². The van der Waals surface area contributed by atoms with Crippen LogP contribution in [0.15, 0.2) is 0 Å². The Morgan fingerprint density at radius 1 is 0.893 bits per heavy atom. The number of amides is 2. The fourth-order valence-electron chi connectivity index (χ4n) is 3.30. The maximum atomic E-state index is 12.0. The highest BCUT2D eigenvalue weighted by molar-refractivity contribution is 5.83. The predicted molar refractivity (Wildman–Crippen MR) is 108 cm³/mol. The second kappa shape index (κ2) is 13.7. The molecule has 0 aromatic heterocycles. The van der Waals surface area contributed by atoms with Gasteiger partial charge in [-0.2, -0.15) is 0 Å². The number of hydrogen-bond donors (Lipinski definition) is 2. The van der Waals surface area contributed by atoms with E-state index < -0.39 is 0 Å². The van der Waals surface area contributed by atoms with Crippen molar-refractivity contribution < 1.29 is 23.9 Å². The van der Waals surface area contributed by atoms with Crippen molar-refractivity contribution in [2.75, 3.05) is 26.4 Å². The fraction of sp³-hybridized carbons (Fsp3) is 0.857. The minimum atomic E-state index is -0.0615. The molecule has 1 saturated carbocycles. The lowest BCUT2D eigenvalue weighted by Crippen LogP contribution is -2.39. The van der Waals surface area contributed by atoms with Crippen molar-refractivity contribution in [2.45, 2.75) is 78.4 Å². The van der Waals surface area contributed by atoms with E-state index in [0.29, 0.717) is 45.0 Å². The third-order valence-corrected chi connectivity index (χ3v) is 4.89. The Bertz CT molecular complexity index is 485. The van der Waals surface area contributed by atoms with Gasteiger partial charge >= 0.3 is 0 Å². The molecule has 2 amide bonds. The summed E-state index contributed by atoms with van der Waals surface area (Å²) in [5, 5.41) is 5.79. The standard InChI is InChI=1S/C21H38N2O5/c1-15(2)21(26)17-5-7-18(8-6-17)23-20(25)9-12-27-14-11-22-19(24)10-13-28-16(3)4/h15-18H,5-14H2,1-4H3,(H,22,24)(H,23,25)/t17-,18+. The summed E-state index contributed by atoms with van der Waals surface area (Å²) in [6.07, 6.45) is 4.22. The average Bonchev–Trinajstić information content (AvgIpc) is 2.64. The van der Waals surface area contributed by atoms with Crippen LogP contribution in [0.25, 0.3) is 0 Å². The first-order chi connectivity index (χ1) is 13.3. The van der Waals surface area contributed by atoms with Crippen LogP contribution in [0.3, 0.4) is 0 Å². The molecule has 0 atom stereocenters. The van der Waals surface area contributed by atoms with Crippen molar-refractivity contribution in [3.8, 4) is 0 Å². The van der Waals surface area contributed by atoms with Crippen molar-refractivity contribution in [1.82, 2.24) is 10.6 Å². The molecule has 7 nitrogen and oxygen atoms in total. The summed E-state index contributed by atoms with van der Waals surface area (Å²) in [6, 6.07) is 0.163. The summed E-state index contributed by atoms with van der Waals surface area (Å²) in [7, 11) is 0. The lowest BCUT2D eigenvalue weighted by atomic mass is 9.80. The number of nitrogens with one attached hydrogen (secondary N) is 2. The molecule has 0 spiro atoms. The van der Waals surface area contributed by atoms with Gasteiger partial charge in [0.2, 0.25) is 11.8 Å². The molecule has 0 radical (unpaired) electrons. The molecular formula is C21H38N2O5. The zero-order chi connectivity index (χ0) is 20.9. The van der Waals surface area contributed by atoms with Gasteiger partial charge in [-0.15, -0.1) is 0 Å². The molecule has 28 heavy (non-hydrogen) atoms. The molecule has 162 valence electrons. The molecule has 0 heterocycles. The topological polar surface area (TPSA) is 93.7 Å². The third-order valence-electron chi connectivity index (χ3n) is 4.89. The van der Waals surface area contributed by atoms with Crippen LogP contribution in [0.5, 0.6) is 0 Å². The summed E-state index contributed by atoms with van der Waals surface area (Å²) in [6.45, 7) is 9.31. The van der Waals surface area contributed by atoms with Crippen LogP contribution in [0.2, 0.25) is 0 Å². The van der Waals surface area contributed by atoms with E-state index in [1.165, 1.54) is 0 Å².